The lowest BCUT2D eigenvalue weighted by atomic mass is 10.0. The van der Waals surface area contributed by atoms with Gasteiger partial charge in [-0.15, -0.1) is 0 Å². The van der Waals surface area contributed by atoms with Gasteiger partial charge >= 0.3 is 0 Å². The van der Waals surface area contributed by atoms with Crippen LogP contribution in [-0.2, 0) is 18.4 Å². The van der Waals surface area contributed by atoms with E-state index >= 15 is 0 Å². The Hall–Kier alpha value is -1.02. The topological polar surface area (TPSA) is 108 Å². The number of hydrogen-bond acceptors (Lipinski definition) is 6. The standard InChI is InChI=1S/C64H127N2O6P/c1-6-8-10-12-14-16-18-20-22-24-26-27-28-29-30-31-32-33-34-35-36-37-38-39-40-42-44-46-48-50-52-54-56-58-64(68)65-62(61-72-73(69,70)71-60-59-66(3,4)5)63(67)57-55-53-51-49-47-45-43-41-25-23-21-19-17-15-13-11-9-7-2/h26-27,29-30,62-63,67H,6-25,28,31-61H2,1-5H3,(H-,65,68,69,70)/b27-26-,30-29-. The third-order valence-electron chi connectivity index (χ3n) is 14.9. The van der Waals surface area contributed by atoms with Crippen LogP contribution in [0.5, 0.6) is 0 Å². The lowest BCUT2D eigenvalue weighted by molar-refractivity contribution is -0.870. The van der Waals surface area contributed by atoms with Crippen LogP contribution in [0.15, 0.2) is 24.3 Å². The number of phosphoric ester groups is 1. The summed E-state index contributed by atoms with van der Waals surface area (Å²) < 4.78 is 23.5. The highest BCUT2D eigenvalue weighted by atomic mass is 31.2. The third-order valence-corrected chi connectivity index (χ3v) is 15.9. The van der Waals surface area contributed by atoms with Crippen LogP contribution in [0.1, 0.15) is 328 Å². The normalized spacial score (nSPS) is 13.9. The van der Waals surface area contributed by atoms with Crippen molar-refractivity contribution >= 4 is 13.7 Å². The minimum atomic E-state index is -4.57. The molecule has 9 heteroatoms. The minimum Gasteiger partial charge on any atom is -0.756 e. The number of carbonyl (C=O) groups excluding carboxylic acids is 1. The van der Waals surface area contributed by atoms with Crippen molar-refractivity contribution in [3.05, 3.63) is 24.3 Å². The molecule has 0 aromatic rings. The van der Waals surface area contributed by atoms with Crippen molar-refractivity contribution in [2.24, 2.45) is 0 Å². The number of allylic oxidation sites excluding steroid dienone is 4. The van der Waals surface area contributed by atoms with Crippen LogP contribution < -0.4 is 10.2 Å². The zero-order valence-electron chi connectivity index (χ0n) is 49.6. The number of unbranched alkanes of at least 4 members (excludes halogenated alkanes) is 43. The van der Waals surface area contributed by atoms with E-state index in [0.29, 0.717) is 23.9 Å². The molecule has 0 saturated carbocycles. The summed E-state index contributed by atoms with van der Waals surface area (Å²) >= 11 is 0. The molecule has 0 radical (unpaired) electrons. The monoisotopic (exact) mass is 1050 g/mol. The van der Waals surface area contributed by atoms with Crippen LogP contribution in [0, 0.1) is 0 Å². The lowest BCUT2D eigenvalue weighted by Gasteiger charge is -2.30. The van der Waals surface area contributed by atoms with Crippen LogP contribution >= 0.6 is 7.82 Å². The van der Waals surface area contributed by atoms with Crippen molar-refractivity contribution in [3.8, 4) is 0 Å². The predicted octanol–water partition coefficient (Wildman–Crippen LogP) is 19.3. The molecule has 0 saturated heterocycles. The predicted molar refractivity (Wildman–Crippen MR) is 316 cm³/mol. The van der Waals surface area contributed by atoms with Crippen LogP contribution in [0.25, 0.3) is 0 Å². The zero-order valence-corrected chi connectivity index (χ0v) is 50.5. The van der Waals surface area contributed by atoms with Crippen LogP contribution in [-0.4, -0.2) is 68.5 Å². The van der Waals surface area contributed by atoms with Gasteiger partial charge in [-0.2, -0.15) is 0 Å². The Labute approximate surface area is 455 Å². The summed E-state index contributed by atoms with van der Waals surface area (Å²) in [6.07, 6.45) is 70.9. The molecule has 0 spiro atoms. The van der Waals surface area contributed by atoms with Gasteiger partial charge in [-0.1, -0.05) is 301 Å². The highest BCUT2D eigenvalue weighted by molar-refractivity contribution is 7.45. The SMILES string of the molecule is CCCCCCCCCCC/C=C\C/C=C\CCCCCCCCCCCCCCCCCCCC(=O)NC(COP(=O)([O-])OCC[N+](C)(C)C)C(O)CCCCCCCCCCCCCCCCCCCC. The van der Waals surface area contributed by atoms with Gasteiger partial charge < -0.3 is 28.8 Å². The molecule has 0 aliphatic carbocycles. The molecule has 3 unspecified atom stereocenters. The Morgan fingerprint density at radius 3 is 1.14 bits per heavy atom. The maximum atomic E-state index is 13.0. The fourth-order valence-electron chi connectivity index (χ4n) is 9.90. The first-order valence-corrected chi connectivity index (χ1v) is 33.6. The third kappa shape index (κ3) is 58.5. The second-order valence-electron chi connectivity index (χ2n) is 23.5. The van der Waals surface area contributed by atoms with Gasteiger partial charge in [0, 0.05) is 6.42 Å². The van der Waals surface area contributed by atoms with Gasteiger partial charge in [-0.3, -0.25) is 9.36 Å². The number of phosphoric acid groups is 1. The fraction of sp³-hybridized carbons (Fsp3) is 0.922. The zero-order chi connectivity index (χ0) is 53.5. The molecule has 0 aromatic heterocycles. The van der Waals surface area contributed by atoms with Crippen molar-refractivity contribution in [3.63, 3.8) is 0 Å². The molecule has 0 aliphatic rings. The number of likely N-dealkylation sites (N-methyl/N-ethyl adjacent to an activating group) is 1. The lowest BCUT2D eigenvalue weighted by Crippen LogP contribution is -2.46. The van der Waals surface area contributed by atoms with E-state index in [9.17, 15) is 19.4 Å². The molecule has 0 fully saturated rings. The first kappa shape index (κ1) is 72.0. The summed E-state index contributed by atoms with van der Waals surface area (Å²) in [6, 6.07) is -0.799. The van der Waals surface area contributed by atoms with Crippen molar-refractivity contribution in [2.45, 2.75) is 341 Å². The van der Waals surface area contributed by atoms with E-state index in [1.54, 1.807) is 0 Å². The number of quaternary nitrogens is 1. The Bertz CT molecular complexity index is 1240. The summed E-state index contributed by atoms with van der Waals surface area (Å²) in [4.78, 5) is 25.6. The summed E-state index contributed by atoms with van der Waals surface area (Å²) in [5.41, 5.74) is 0. The van der Waals surface area contributed by atoms with E-state index in [1.165, 1.54) is 257 Å². The molecule has 3 atom stereocenters. The van der Waals surface area contributed by atoms with Crippen LogP contribution in [0.3, 0.4) is 0 Å². The first-order chi connectivity index (χ1) is 35.5. The highest BCUT2D eigenvalue weighted by Crippen LogP contribution is 2.38. The molecule has 2 N–H and O–H groups in total. The number of aliphatic hydroxyl groups is 1. The molecule has 0 rings (SSSR count). The fourth-order valence-corrected chi connectivity index (χ4v) is 10.6. The van der Waals surface area contributed by atoms with Crippen molar-refractivity contribution in [1.29, 1.82) is 0 Å². The van der Waals surface area contributed by atoms with Crippen molar-refractivity contribution in [1.82, 2.24) is 5.32 Å². The molecular weight excluding hydrogens is 924 g/mol. The van der Waals surface area contributed by atoms with Crippen molar-refractivity contribution in [2.75, 3.05) is 40.9 Å². The van der Waals surface area contributed by atoms with E-state index < -0.39 is 20.0 Å². The molecule has 434 valence electrons. The number of nitrogens with zero attached hydrogens (tertiary/aromatic N) is 1. The molecule has 8 nitrogen and oxygen atoms in total. The number of amides is 1. The number of carbonyl (C=O) groups is 1. The molecule has 0 bridgehead atoms. The number of aliphatic hydroxyl groups excluding tert-OH is 1. The molecule has 1 amide bonds. The Kier molecular flexibility index (Phi) is 54.9. The second kappa shape index (κ2) is 55.7. The largest absolute Gasteiger partial charge is 0.756 e. The van der Waals surface area contributed by atoms with Gasteiger partial charge in [0.05, 0.1) is 39.9 Å². The van der Waals surface area contributed by atoms with E-state index in [0.717, 1.165) is 44.9 Å². The summed E-state index contributed by atoms with van der Waals surface area (Å²) in [5, 5.41) is 14.1. The molecule has 0 aromatic carbocycles. The van der Waals surface area contributed by atoms with Crippen LogP contribution in [0.2, 0.25) is 0 Å². The van der Waals surface area contributed by atoms with E-state index in [-0.39, 0.29) is 19.1 Å². The van der Waals surface area contributed by atoms with E-state index in [2.05, 4.69) is 43.5 Å². The number of nitrogens with one attached hydrogen (secondary N) is 1. The Morgan fingerprint density at radius 2 is 0.795 bits per heavy atom. The maximum absolute atomic E-state index is 13.0. The Morgan fingerprint density at radius 1 is 0.479 bits per heavy atom. The van der Waals surface area contributed by atoms with Gasteiger partial charge in [0.25, 0.3) is 7.82 Å². The molecule has 73 heavy (non-hydrogen) atoms. The summed E-state index contributed by atoms with van der Waals surface area (Å²) in [6.45, 7) is 4.77. The van der Waals surface area contributed by atoms with Gasteiger partial charge in [0.15, 0.2) is 0 Å². The molecule has 0 aliphatic heterocycles. The highest BCUT2D eigenvalue weighted by Gasteiger charge is 2.24. The maximum Gasteiger partial charge on any atom is 0.268 e. The Balaban J connectivity index is 4.00. The average molecular weight is 1050 g/mol. The van der Waals surface area contributed by atoms with E-state index in [1.807, 2.05) is 21.1 Å². The average Bonchev–Trinajstić information content (AvgIpc) is 3.35. The van der Waals surface area contributed by atoms with Gasteiger partial charge in [0.1, 0.15) is 13.2 Å². The first-order valence-electron chi connectivity index (χ1n) is 32.2. The quantitative estimate of drug-likeness (QED) is 0.0272. The van der Waals surface area contributed by atoms with Gasteiger partial charge in [-0.25, -0.2) is 0 Å². The summed E-state index contributed by atoms with van der Waals surface area (Å²) in [5.74, 6) is -0.159. The smallest absolute Gasteiger partial charge is 0.268 e. The van der Waals surface area contributed by atoms with Gasteiger partial charge in [0.2, 0.25) is 5.91 Å². The van der Waals surface area contributed by atoms with Crippen molar-refractivity contribution < 1.29 is 32.9 Å². The second-order valence-corrected chi connectivity index (χ2v) is 24.9. The molecule has 0 heterocycles. The summed E-state index contributed by atoms with van der Waals surface area (Å²) in [7, 11) is 1.32. The minimum absolute atomic E-state index is 0.0145. The number of hydrogen-bond donors (Lipinski definition) is 2. The van der Waals surface area contributed by atoms with E-state index in [4.69, 9.17) is 9.05 Å². The number of rotatable bonds is 60. The molecular formula is C64H127N2O6P. The van der Waals surface area contributed by atoms with Crippen LogP contribution in [0.4, 0.5) is 0 Å². The van der Waals surface area contributed by atoms with Gasteiger partial charge in [-0.05, 0) is 44.9 Å².